The number of anilines is 1. The van der Waals surface area contributed by atoms with Crippen molar-refractivity contribution >= 4 is 39.3 Å². The highest BCUT2D eigenvalue weighted by Gasteiger charge is 2.30. The van der Waals surface area contributed by atoms with Gasteiger partial charge in [-0.25, -0.2) is 22.6 Å². The number of carbonyl (C=O) groups excluding carboxylic acids is 2. The first-order valence-electron chi connectivity index (χ1n) is 11.4. The molecule has 1 aromatic heterocycles. The van der Waals surface area contributed by atoms with Crippen LogP contribution in [-0.4, -0.2) is 45.0 Å². The van der Waals surface area contributed by atoms with Crippen molar-refractivity contribution in [1.29, 1.82) is 5.26 Å². The molecule has 2 aromatic rings. The second-order valence-corrected chi connectivity index (χ2v) is 10.4. The van der Waals surface area contributed by atoms with Crippen molar-refractivity contribution in [1.82, 2.24) is 9.71 Å². The third kappa shape index (κ3) is 6.50. The standard InChI is InChI=1S/C24H26ClFN4O5S/c1-3-21-19(24(32)35-4-2)11-17(13-27)22(28-21)30-9-7-15(8-10-30)23(31)29-36(33,34)14-16-5-6-18(25)12-20(16)26/h5-6,11-12,15H,3-4,7-10,14H2,1-2H3,(H,29,31). The van der Waals surface area contributed by atoms with Crippen molar-refractivity contribution in [3.8, 4) is 6.07 Å². The van der Waals surface area contributed by atoms with Crippen molar-refractivity contribution in [2.24, 2.45) is 5.92 Å². The molecule has 0 aliphatic carbocycles. The largest absolute Gasteiger partial charge is 0.462 e. The van der Waals surface area contributed by atoms with Crippen LogP contribution in [0, 0.1) is 23.1 Å². The number of nitrogens with one attached hydrogen (secondary N) is 1. The number of nitrogens with zero attached hydrogens (tertiary/aromatic N) is 3. The maximum absolute atomic E-state index is 14.0. The third-order valence-electron chi connectivity index (χ3n) is 5.81. The van der Waals surface area contributed by atoms with Gasteiger partial charge in [-0.15, -0.1) is 0 Å². The minimum Gasteiger partial charge on any atom is -0.462 e. The van der Waals surface area contributed by atoms with Crippen molar-refractivity contribution < 1.29 is 27.1 Å². The molecular weight excluding hydrogens is 511 g/mol. The number of esters is 1. The average molecular weight is 537 g/mol. The Morgan fingerprint density at radius 1 is 1.28 bits per heavy atom. The van der Waals surface area contributed by atoms with Crippen molar-refractivity contribution in [3.05, 3.63) is 57.5 Å². The minimum absolute atomic E-state index is 0.0948. The fourth-order valence-electron chi connectivity index (χ4n) is 3.99. The van der Waals surface area contributed by atoms with Crippen LogP contribution in [-0.2, 0) is 31.7 Å². The molecule has 192 valence electrons. The van der Waals surface area contributed by atoms with Crippen molar-refractivity contribution in [3.63, 3.8) is 0 Å². The minimum atomic E-state index is -4.12. The summed E-state index contributed by atoms with van der Waals surface area (Å²) in [6.45, 7) is 4.44. The van der Waals surface area contributed by atoms with Gasteiger partial charge in [0.1, 0.15) is 17.7 Å². The number of piperidine rings is 1. The van der Waals surface area contributed by atoms with Gasteiger partial charge in [0.15, 0.2) is 0 Å². The Labute approximate surface area is 214 Å². The fraction of sp³-hybridized carbons (Fsp3) is 0.417. The molecular formula is C24H26ClFN4O5S. The van der Waals surface area contributed by atoms with E-state index in [0.29, 0.717) is 43.9 Å². The molecule has 0 bridgehead atoms. The predicted molar refractivity (Wildman–Crippen MR) is 131 cm³/mol. The van der Waals surface area contributed by atoms with E-state index in [-0.39, 0.29) is 28.3 Å². The highest BCUT2D eigenvalue weighted by Crippen LogP contribution is 2.27. The van der Waals surface area contributed by atoms with Crippen LogP contribution in [0.1, 0.15) is 53.9 Å². The molecule has 0 saturated carbocycles. The number of halogens is 2. The third-order valence-corrected chi connectivity index (χ3v) is 7.25. The lowest BCUT2D eigenvalue weighted by Gasteiger charge is -2.33. The number of pyridine rings is 1. The molecule has 1 saturated heterocycles. The number of hydrogen-bond acceptors (Lipinski definition) is 8. The lowest BCUT2D eigenvalue weighted by atomic mass is 9.96. The van der Waals surface area contributed by atoms with Gasteiger partial charge in [-0.3, -0.25) is 9.52 Å². The van der Waals surface area contributed by atoms with Crippen molar-refractivity contribution in [2.75, 3.05) is 24.6 Å². The topological polar surface area (TPSA) is 129 Å². The number of carbonyl (C=O) groups is 2. The number of rotatable bonds is 8. The van der Waals surface area contributed by atoms with Crippen LogP contribution in [0.5, 0.6) is 0 Å². The summed E-state index contributed by atoms with van der Waals surface area (Å²) < 4.78 is 46.0. The molecule has 1 aliphatic heterocycles. The number of sulfonamides is 1. The molecule has 36 heavy (non-hydrogen) atoms. The average Bonchev–Trinajstić information content (AvgIpc) is 2.84. The number of amides is 1. The quantitative estimate of drug-likeness (QED) is 0.508. The van der Waals surface area contributed by atoms with Crippen LogP contribution >= 0.6 is 11.6 Å². The molecule has 0 radical (unpaired) electrons. The Balaban J connectivity index is 1.68. The summed E-state index contributed by atoms with van der Waals surface area (Å²) in [6.07, 6.45) is 1.10. The molecule has 1 N–H and O–H groups in total. The monoisotopic (exact) mass is 536 g/mol. The maximum atomic E-state index is 14.0. The van der Waals surface area contributed by atoms with Crippen LogP contribution in [0.25, 0.3) is 0 Å². The van der Waals surface area contributed by atoms with Crippen LogP contribution < -0.4 is 9.62 Å². The summed E-state index contributed by atoms with van der Waals surface area (Å²) in [5.41, 5.74) is 0.868. The van der Waals surface area contributed by atoms with Crippen molar-refractivity contribution in [2.45, 2.75) is 38.9 Å². The van der Waals surface area contributed by atoms with Crippen LogP contribution in [0.3, 0.4) is 0 Å². The number of nitriles is 1. The Kier molecular flexibility index (Phi) is 8.87. The van der Waals surface area contributed by atoms with Gasteiger partial charge >= 0.3 is 5.97 Å². The summed E-state index contributed by atoms with van der Waals surface area (Å²) in [5, 5.41) is 9.78. The van der Waals surface area contributed by atoms with E-state index in [4.69, 9.17) is 16.3 Å². The molecule has 1 aliphatic rings. The van der Waals surface area contributed by atoms with E-state index < -0.39 is 39.4 Å². The second kappa shape index (κ2) is 11.7. The fourth-order valence-corrected chi connectivity index (χ4v) is 5.34. The zero-order chi connectivity index (χ0) is 26.5. The van der Waals surface area contributed by atoms with Crippen LogP contribution in [0.4, 0.5) is 10.2 Å². The van der Waals surface area contributed by atoms with E-state index in [9.17, 15) is 27.7 Å². The first-order chi connectivity index (χ1) is 17.1. The number of hydrogen-bond donors (Lipinski definition) is 1. The number of aryl methyl sites for hydroxylation is 1. The van der Waals surface area contributed by atoms with Gasteiger partial charge < -0.3 is 9.64 Å². The summed E-state index contributed by atoms with van der Waals surface area (Å²) >= 11 is 5.69. The molecule has 0 spiro atoms. The predicted octanol–water partition coefficient (Wildman–Crippen LogP) is 3.35. The molecule has 1 amide bonds. The molecule has 1 fully saturated rings. The molecule has 12 heteroatoms. The Bertz CT molecular complexity index is 1300. The molecule has 9 nitrogen and oxygen atoms in total. The number of benzene rings is 1. The van der Waals surface area contributed by atoms with Gasteiger partial charge in [0, 0.05) is 29.6 Å². The first-order valence-corrected chi connectivity index (χ1v) is 13.5. The zero-order valence-electron chi connectivity index (χ0n) is 19.9. The van der Waals surface area contributed by atoms with E-state index in [2.05, 4.69) is 11.1 Å². The Hall–Kier alpha value is -3.23. The number of aromatic nitrogens is 1. The molecule has 2 heterocycles. The zero-order valence-corrected chi connectivity index (χ0v) is 21.5. The summed E-state index contributed by atoms with van der Waals surface area (Å²) in [4.78, 5) is 31.3. The van der Waals surface area contributed by atoms with Gasteiger partial charge in [0.25, 0.3) is 0 Å². The molecule has 0 unspecified atom stereocenters. The second-order valence-electron chi connectivity index (χ2n) is 8.26. The lowest BCUT2D eigenvalue weighted by Crippen LogP contribution is -2.43. The maximum Gasteiger partial charge on any atom is 0.340 e. The SMILES string of the molecule is CCOC(=O)c1cc(C#N)c(N2CCC(C(=O)NS(=O)(=O)Cc3ccc(Cl)cc3F)CC2)nc1CC. The molecule has 0 atom stereocenters. The van der Waals surface area contributed by atoms with E-state index in [1.165, 1.54) is 18.2 Å². The Morgan fingerprint density at radius 2 is 1.97 bits per heavy atom. The van der Waals surface area contributed by atoms with Gasteiger partial charge in [-0.2, -0.15) is 5.26 Å². The molecule has 1 aromatic carbocycles. The summed E-state index contributed by atoms with van der Waals surface area (Å²) in [5.74, 6) is -2.84. The highest BCUT2D eigenvalue weighted by molar-refractivity contribution is 7.89. The van der Waals surface area contributed by atoms with E-state index in [0.717, 1.165) is 6.07 Å². The van der Waals surface area contributed by atoms with E-state index >= 15 is 0 Å². The van der Waals surface area contributed by atoms with Crippen LogP contribution in [0.15, 0.2) is 24.3 Å². The van der Waals surface area contributed by atoms with Gasteiger partial charge in [0.05, 0.1) is 29.2 Å². The first kappa shape index (κ1) is 27.4. The van der Waals surface area contributed by atoms with Gasteiger partial charge in [-0.05, 0) is 44.4 Å². The lowest BCUT2D eigenvalue weighted by molar-refractivity contribution is -0.123. The highest BCUT2D eigenvalue weighted by atomic mass is 35.5. The smallest absolute Gasteiger partial charge is 0.340 e. The normalized spacial score (nSPS) is 14.2. The summed E-state index contributed by atoms with van der Waals surface area (Å²) in [6, 6.07) is 7.19. The van der Waals surface area contributed by atoms with Gasteiger partial charge in [-0.1, -0.05) is 24.6 Å². The molecule has 3 rings (SSSR count). The number of ether oxygens (including phenoxy) is 1. The van der Waals surface area contributed by atoms with E-state index in [1.807, 2.05) is 16.5 Å². The van der Waals surface area contributed by atoms with E-state index in [1.54, 1.807) is 6.92 Å². The Morgan fingerprint density at radius 3 is 2.56 bits per heavy atom. The van der Waals surface area contributed by atoms with Gasteiger partial charge in [0.2, 0.25) is 15.9 Å². The van der Waals surface area contributed by atoms with Crippen LogP contribution in [0.2, 0.25) is 5.02 Å². The summed E-state index contributed by atoms with van der Waals surface area (Å²) in [7, 11) is -4.12.